The maximum Gasteiger partial charge on any atom is 0.109 e. The maximum absolute atomic E-state index is 4.59. The van der Waals surface area contributed by atoms with E-state index in [9.17, 15) is 0 Å². The third kappa shape index (κ3) is 2.11. The van der Waals surface area contributed by atoms with Crippen molar-refractivity contribution in [2.24, 2.45) is 0 Å². The predicted octanol–water partition coefficient (Wildman–Crippen LogP) is 3.22. The van der Waals surface area contributed by atoms with Crippen molar-refractivity contribution in [2.75, 3.05) is 0 Å². The lowest BCUT2D eigenvalue weighted by Crippen LogP contribution is -1.93. The fourth-order valence-corrected chi connectivity index (χ4v) is 1.46. The van der Waals surface area contributed by atoms with E-state index < -0.39 is 0 Å². The smallest absolute Gasteiger partial charge is 0.109 e. The number of hydrogen-bond donors (Lipinski definition) is 1. The van der Waals surface area contributed by atoms with Crippen LogP contribution in [0.5, 0.6) is 0 Å². The Bertz CT molecular complexity index is 272. The summed E-state index contributed by atoms with van der Waals surface area (Å²) in [5.74, 6) is 2.17. The molecule has 1 aromatic heterocycles. The van der Waals surface area contributed by atoms with Gasteiger partial charge < -0.3 is 4.98 Å². The van der Waals surface area contributed by atoms with Gasteiger partial charge in [0.1, 0.15) is 5.82 Å². The molecule has 0 unspecified atom stereocenters. The molecule has 0 atom stereocenters. The number of rotatable bonds is 3. The summed E-state index contributed by atoms with van der Waals surface area (Å²) in [7, 11) is 0. The van der Waals surface area contributed by atoms with Crippen LogP contribution in [0.2, 0.25) is 0 Å². The fraction of sp³-hybridized carbons (Fsp3) is 0.727. The van der Waals surface area contributed by atoms with Gasteiger partial charge in [-0.25, -0.2) is 4.98 Å². The SMILES string of the molecule is CCc1nc(C(C)C)[nH]c1C(C)C. The van der Waals surface area contributed by atoms with Gasteiger partial charge in [-0.15, -0.1) is 0 Å². The summed E-state index contributed by atoms with van der Waals surface area (Å²) < 4.78 is 0. The van der Waals surface area contributed by atoms with Crippen LogP contribution in [0.1, 0.15) is 63.7 Å². The molecule has 2 heteroatoms. The molecule has 2 nitrogen and oxygen atoms in total. The Kier molecular flexibility index (Phi) is 3.12. The minimum atomic E-state index is 0.498. The molecule has 1 heterocycles. The van der Waals surface area contributed by atoms with Gasteiger partial charge >= 0.3 is 0 Å². The molecule has 0 radical (unpaired) electrons. The average Bonchev–Trinajstić information content (AvgIpc) is 2.47. The van der Waals surface area contributed by atoms with Crippen LogP contribution in [0.4, 0.5) is 0 Å². The van der Waals surface area contributed by atoms with Crippen molar-refractivity contribution in [1.82, 2.24) is 9.97 Å². The van der Waals surface area contributed by atoms with Crippen LogP contribution >= 0.6 is 0 Å². The van der Waals surface area contributed by atoms with Crippen LogP contribution < -0.4 is 0 Å². The van der Waals surface area contributed by atoms with Crippen molar-refractivity contribution in [2.45, 2.75) is 52.9 Å². The number of aromatic amines is 1. The second kappa shape index (κ2) is 3.95. The number of aryl methyl sites for hydroxylation is 1. The maximum atomic E-state index is 4.59. The molecule has 0 aromatic carbocycles. The molecule has 0 saturated carbocycles. The second-order valence-corrected chi connectivity index (χ2v) is 4.15. The summed E-state index contributed by atoms with van der Waals surface area (Å²) in [5.41, 5.74) is 2.55. The molecule has 1 aromatic rings. The normalized spacial score (nSPS) is 11.6. The fourth-order valence-electron chi connectivity index (χ4n) is 1.46. The number of aromatic nitrogens is 2. The van der Waals surface area contributed by atoms with E-state index in [2.05, 4.69) is 44.6 Å². The topological polar surface area (TPSA) is 28.7 Å². The average molecular weight is 180 g/mol. The van der Waals surface area contributed by atoms with Crippen LogP contribution in [0.15, 0.2) is 0 Å². The Hall–Kier alpha value is -0.790. The lowest BCUT2D eigenvalue weighted by molar-refractivity contribution is 0.771. The zero-order valence-corrected chi connectivity index (χ0v) is 9.31. The van der Waals surface area contributed by atoms with E-state index in [1.54, 1.807) is 0 Å². The van der Waals surface area contributed by atoms with Crippen molar-refractivity contribution in [3.05, 3.63) is 17.2 Å². The minimum Gasteiger partial charge on any atom is -0.345 e. The highest BCUT2D eigenvalue weighted by atomic mass is 14.9. The summed E-state index contributed by atoms with van der Waals surface area (Å²) in [6, 6.07) is 0. The first-order chi connectivity index (χ1) is 6.06. The third-order valence-electron chi connectivity index (χ3n) is 2.29. The van der Waals surface area contributed by atoms with Gasteiger partial charge in [-0.2, -0.15) is 0 Å². The lowest BCUT2D eigenvalue weighted by atomic mass is 10.1. The lowest BCUT2D eigenvalue weighted by Gasteiger charge is -2.03. The largest absolute Gasteiger partial charge is 0.345 e. The first-order valence-electron chi connectivity index (χ1n) is 5.14. The Labute approximate surface area is 80.8 Å². The van der Waals surface area contributed by atoms with Gasteiger partial charge in [0.05, 0.1) is 5.69 Å². The van der Waals surface area contributed by atoms with Crippen molar-refractivity contribution in [3.8, 4) is 0 Å². The molecule has 0 aliphatic carbocycles. The van der Waals surface area contributed by atoms with E-state index in [1.807, 2.05) is 0 Å². The minimum absolute atomic E-state index is 0.498. The zero-order chi connectivity index (χ0) is 10.0. The molecule has 74 valence electrons. The zero-order valence-electron chi connectivity index (χ0n) is 9.31. The van der Waals surface area contributed by atoms with Crippen LogP contribution in [0, 0.1) is 0 Å². The number of nitrogens with zero attached hydrogens (tertiary/aromatic N) is 1. The molecule has 0 aliphatic rings. The van der Waals surface area contributed by atoms with Crippen LogP contribution in [-0.2, 0) is 6.42 Å². The van der Waals surface area contributed by atoms with E-state index in [1.165, 1.54) is 11.4 Å². The third-order valence-corrected chi connectivity index (χ3v) is 2.29. The summed E-state index contributed by atoms with van der Waals surface area (Å²) in [5, 5.41) is 0. The van der Waals surface area contributed by atoms with Crippen molar-refractivity contribution >= 4 is 0 Å². The van der Waals surface area contributed by atoms with E-state index >= 15 is 0 Å². The number of hydrogen-bond acceptors (Lipinski definition) is 1. The predicted molar refractivity (Wildman–Crippen MR) is 56.1 cm³/mol. The Morgan fingerprint density at radius 1 is 1.15 bits per heavy atom. The van der Waals surface area contributed by atoms with Gasteiger partial charge in [0.2, 0.25) is 0 Å². The van der Waals surface area contributed by atoms with Gasteiger partial charge in [0, 0.05) is 11.6 Å². The van der Waals surface area contributed by atoms with E-state index in [4.69, 9.17) is 0 Å². The van der Waals surface area contributed by atoms with Crippen molar-refractivity contribution < 1.29 is 0 Å². The molecule has 0 aliphatic heterocycles. The molecule has 0 saturated heterocycles. The molecule has 0 spiro atoms. The van der Waals surface area contributed by atoms with Crippen molar-refractivity contribution in [3.63, 3.8) is 0 Å². The highest BCUT2D eigenvalue weighted by Gasteiger charge is 2.12. The molecule has 1 rings (SSSR count). The molecule has 1 N–H and O–H groups in total. The number of H-pyrrole nitrogens is 1. The Balaban J connectivity index is 3.04. The summed E-state index contributed by atoms with van der Waals surface area (Å²) >= 11 is 0. The van der Waals surface area contributed by atoms with Gasteiger partial charge in [-0.1, -0.05) is 34.6 Å². The van der Waals surface area contributed by atoms with Gasteiger partial charge in [-0.05, 0) is 12.3 Å². The summed E-state index contributed by atoms with van der Waals surface area (Å²) in [6.07, 6.45) is 1.02. The van der Waals surface area contributed by atoms with E-state index in [0.717, 1.165) is 12.2 Å². The highest BCUT2D eigenvalue weighted by Crippen LogP contribution is 2.20. The van der Waals surface area contributed by atoms with Gasteiger partial charge in [-0.3, -0.25) is 0 Å². The van der Waals surface area contributed by atoms with Crippen LogP contribution in [-0.4, -0.2) is 9.97 Å². The molecular formula is C11H20N2. The molecule has 0 bridgehead atoms. The molecule has 0 amide bonds. The van der Waals surface area contributed by atoms with Gasteiger partial charge in [0.25, 0.3) is 0 Å². The first kappa shape index (κ1) is 10.3. The standard InChI is InChI=1S/C11H20N2/c1-6-9-10(7(2)3)13-11(12-9)8(4)5/h7-8H,6H2,1-5H3,(H,12,13). The van der Waals surface area contributed by atoms with Crippen molar-refractivity contribution in [1.29, 1.82) is 0 Å². The molecular weight excluding hydrogens is 160 g/mol. The first-order valence-corrected chi connectivity index (χ1v) is 5.14. The Morgan fingerprint density at radius 2 is 1.77 bits per heavy atom. The molecule has 0 fully saturated rings. The summed E-state index contributed by atoms with van der Waals surface area (Å²) in [6.45, 7) is 10.9. The Morgan fingerprint density at radius 3 is 2.08 bits per heavy atom. The summed E-state index contributed by atoms with van der Waals surface area (Å²) in [4.78, 5) is 8.01. The number of imidazole rings is 1. The van der Waals surface area contributed by atoms with E-state index in [-0.39, 0.29) is 0 Å². The quantitative estimate of drug-likeness (QED) is 0.760. The van der Waals surface area contributed by atoms with Crippen LogP contribution in [0.25, 0.3) is 0 Å². The molecule has 13 heavy (non-hydrogen) atoms. The van der Waals surface area contributed by atoms with Gasteiger partial charge in [0.15, 0.2) is 0 Å². The second-order valence-electron chi connectivity index (χ2n) is 4.15. The van der Waals surface area contributed by atoms with E-state index in [0.29, 0.717) is 11.8 Å². The van der Waals surface area contributed by atoms with Crippen LogP contribution in [0.3, 0.4) is 0 Å². The monoisotopic (exact) mass is 180 g/mol. The number of nitrogens with one attached hydrogen (secondary N) is 1. The highest BCUT2D eigenvalue weighted by molar-refractivity contribution is 5.19.